The van der Waals surface area contributed by atoms with E-state index >= 15 is 0 Å². The van der Waals surface area contributed by atoms with Gasteiger partial charge in [0, 0.05) is 11.9 Å². The first-order valence-corrected chi connectivity index (χ1v) is 9.10. The Morgan fingerprint density at radius 2 is 2.11 bits per heavy atom. The Balaban J connectivity index is 0.00000182. The number of nitrogens with one attached hydrogen (secondary N) is 2. The number of carbonyl (C=O) groups is 2. The van der Waals surface area contributed by atoms with E-state index in [1.807, 2.05) is 6.92 Å². The Hall–Kier alpha value is -1.61. The number of carbonyl (C=O) groups excluding carboxylic acids is 2. The second-order valence-corrected chi connectivity index (χ2v) is 7.47. The van der Waals surface area contributed by atoms with E-state index in [0.717, 1.165) is 12.8 Å². The van der Waals surface area contributed by atoms with Crippen molar-refractivity contribution in [2.24, 2.45) is 11.7 Å². The van der Waals surface area contributed by atoms with Crippen LogP contribution in [0.15, 0.2) is 22.1 Å². The van der Waals surface area contributed by atoms with Gasteiger partial charge in [0.15, 0.2) is 5.13 Å². The second kappa shape index (κ2) is 9.54. The van der Waals surface area contributed by atoms with Crippen molar-refractivity contribution < 1.29 is 14.0 Å². The zero-order valence-electron chi connectivity index (χ0n) is 15.1. The topological polar surface area (TPSA) is 110 Å². The van der Waals surface area contributed by atoms with Gasteiger partial charge in [-0.25, -0.2) is 4.98 Å². The maximum absolute atomic E-state index is 12.3. The summed E-state index contributed by atoms with van der Waals surface area (Å²) in [5, 5.41) is 7.99. The maximum atomic E-state index is 12.3. The van der Waals surface area contributed by atoms with Gasteiger partial charge in [0.25, 0.3) is 5.91 Å². The smallest absolute Gasteiger partial charge is 0.260 e. The molecule has 27 heavy (non-hydrogen) atoms. The van der Waals surface area contributed by atoms with Gasteiger partial charge >= 0.3 is 0 Å². The minimum atomic E-state index is -0.344. The first kappa shape index (κ1) is 23.4. The van der Waals surface area contributed by atoms with Crippen LogP contribution in [0.1, 0.15) is 41.6 Å². The molecule has 3 rings (SSSR count). The number of rotatable bonds is 7. The summed E-state index contributed by atoms with van der Waals surface area (Å²) in [4.78, 5) is 28.7. The highest BCUT2D eigenvalue weighted by Crippen LogP contribution is 2.39. The number of halogens is 2. The van der Waals surface area contributed by atoms with Gasteiger partial charge in [-0.05, 0) is 38.7 Å². The molecule has 0 bridgehead atoms. The molecule has 0 aliphatic heterocycles. The van der Waals surface area contributed by atoms with Crippen LogP contribution in [-0.4, -0.2) is 28.9 Å². The quantitative estimate of drug-likeness (QED) is 0.620. The van der Waals surface area contributed by atoms with Gasteiger partial charge in [-0.2, -0.15) is 0 Å². The highest BCUT2D eigenvalue weighted by molar-refractivity contribution is 7.14. The molecule has 1 fully saturated rings. The van der Waals surface area contributed by atoms with Crippen molar-refractivity contribution in [3.05, 3.63) is 34.7 Å². The summed E-state index contributed by atoms with van der Waals surface area (Å²) in [6.07, 6.45) is 3.85. The predicted octanol–water partition coefficient (Wildman–Crippen LogP) is 2.93. The van der Waals surface area contributed by atoms with Crippen molar-refractivity contribution in [1.29, 1.82) is 0 Å². The molecule has 1 atom stereocenters. The molecule has 0 aromatic carbocycles. The first-order valence-electron chi connectivity index (χ1n) is 8.22. The van der Waals surface area contributed by atoms with Gasteiger partial charge in [0.2, 0.25) is 5.91 Å². The van der Waals surface area contributed by atoms with Gasteiger partial charge in [-0.15, -0.1) is 36.2 Å². The van der Waals surface area contributed by atoms with Crippen molar-refractivity contribution in [1.82, 2.24) is 10.3 Å². The van der Waals surface area contributed by atoms with E-state index in [-0.39, 0.29) is 48.6 Å². The van der Waals surface area contributed by atoms with E-state index in [1.165, 1.54) is 17.6 Å². The SMILES string of the molecule is Cc1occc1C(=O)Nc1nc(CC(=O)NC(C)(CN)C2CC2)cs1.Cl.Cl. The van der Waals surface area contributed by atoms with Crippen LogP contribution in [0.5, 0.6) is 0 Å². The molecule has 2 aromatic rings. The largest absolute Gasteiger partial charge is 0.469 e. The average Bonchev–Trinajstić information content (AvgIpc) is 3.22. The molecule has 0 radical (unpaired) electrons. The van der Waals surface area contributed by atoms with Gasteiger partial charge in [-0.3, -0.25) is 14.9 Å². The number of nitrogens with zero attached hydrogens (tertiary/aromatic N) is 1. The lowest BCUT2D eigenvalue weighted by Crippen LogP contribution is -2.53. The van der Waals surface area contributed by atoms with Crippen molar-refractivity contribution in [2.45, 2.75) is 38.6 Å². The molecule has 0 saturated heterocycles. The predicted molar refractivity (Wildman–Crippen MR) is 110 cm³/mol. The third-order valence-electron chi connectivity index (χ3n) is 4.54. The van der Waals surface area contributed by atoms with Gasteiger partial charge in [-0.1, -0.05) is 0 Å². The summed E-state index contributed by atoms with van der Waals surface area (Å²) in [5.74, 6) is 0.634. The number of furan rings is 1. The minimum absolute atomic E-state index is 0. The van der Waals surface area contributed by atoms with Crippen molar-refractivity contribution in [3.63, 3.8) is 0 Å². The molecular formula is C17H24Cl2N4O3S. The van der Waals surface area contributed by atoms with E-state index in [4.69, 9.17) is 10.2 Å². The number of anilines is 1. The first-order chi connectivity index (χ1) is 11.9. The Labute approximate surface area is 174 Å². The molecule has 0 spiro atoms. The van der Waals surface area contributed by atoms with Crippen LogP contribution < -0.4 is 16.4 Å². The van der Waals surface area contributed by atoms with E-state index < -0.39 is 0 Å². The molecule has 4 N–H and O–H groups in total. The zero-order chi connectivity index (χ0) is 18.0. The van der Waals surface area contributed by atoms with Crippen LogP contribution in [0.25, 0.3) is 0 Å². The fourth-order valence-corrected chi connectivity index (χ4v) is 3.50. The van der Waals surface area contributed by atoms with E-state index in [1.54, 1.807) is 18.4 Å². The Morgan fingerprint density at radius 1 is 1.41 bits per heavy atom. The standard InChI is InChI=1S/C17H22N4O3S.2ClH/c1-10-13(5-6-24-10)15(23)20-16-19-12(8-25-16)7-14(22)21-17(2,9-18)11-3-4-11;;/h5-6,8,11H,3-4,7,9,18H2,1-2H3,(H,21,22)(H,19,20,23);2*1H. The van der Waals surface area contributed by atoms with Gasteiger partial charge < -0.3 is 15.5 Å². The fraction of sp³-hybridized carbons (Fsp3) is 0.471. The molecule has 2 amide bonds. The minimum Gasteiger partial charge on any atom is -0.469 e. The van der Waals surface area contributed by atoms with Crippen molar-refractivity contribution in [3.8, 4) is 0 Å². The highest BCUT2D eigenvalue weighted by Gasteiger charge is 2.41. The Bertz CT molecular complexity index is 791. The summed E-state index contributed by atoms with van der Waals surface area (Å²) in [5.41, 5.74) is 6.57. The number of hydrogen-bond donors (Lipinski definition) is 3. The van der Waals surface area contributed by atoms with Crippen LogP contribution in [-0.2, 0) is 11.2 Å². The van der Waals surface area contributed by atoms with Gasteiger partial charge in [0.1, 0.15) is 5.76 Å². The molecule has 1 aliphatic rings. The van der Waals surface area contributed by atoms with E-state index in [9.17, 15) is 9.59 Å². The molecule has 10 heteroatoms. The van der Waals surface area contributed by atoms with Crippen LogP contribution in [0.4, 0.5) is 5.13 Å². The zero-order valence-corrected chi connectivity index (χ0v) is 17.6. The monoisotopic (exact) mass is 434 g/mol. The number of amides is 2. The highest BCUT2D eigenvalue weighted by atomic mass is 35.5. The molecular weight excluding hydrogens is 411 g/mol. The Kier molecular flexibility index (Phi) is 8.28. The summed E-state index contributed by atoms with van der Waals surface area (Å²) >= 11 is 1.29. The number of thiazole rings is 1. The molecule has 2 aromatic heterocycles. The number of nitrogens with two attached hydrogens (primary N) is 1. The van der Waals surface area contributed by atoms with Crippen molar-refractivity contribution >= 4 is 53.1 Å². The van der Waals surface area contributed by atoms with Crippen molar-refractivity contribution in [2.75, 3.05) is 11.9 Å². The van der Waals surface area contributed by atoms with Crippen LogP contribution >= 0.6 is 36.2 Å². The van der Waals surface area contributed by atoms with E-state index in [2.05, 4.69) is 15.6 Å². The number of aromatic nitrogens is 1. The summed E-state index contributed by atoms with van der Waals surface area (Å²) in [6, 6.07) is 1.61. The fourth-order valence-electron chi connectivity index (χ4n) is 2.80. The molecule has 7 nitrogen and oxygen atoms in total. The number of hydrogen-bond acceptors (Lipinski definition) is 6. The van der Waals surface area contributed by atoms with E-state index in [0.29, 0.717) is 34.6 Å². The third kappa shape index (κ3) is 5.68. The number of aryl methyl sites for hydroxylation is 1. The lowest BCUT2D eigenvalue weighted by Gasteiger charge is -2.29. The molecule has 150 valence electrons. The molecule has 2 heterocycles. The molecule has 1 aliphatic carbocycles. The summed E-state index contributed by atoms with van der Waals surface area (Å²) < 4.78 is 5.12. The van der Waals surface area contributed by atoms with Crippen LogP contribution in [0.2, 0.25) is 0 Å². The van der Waals surface area contributed by atoms with Crippen LogP contribution in [0, 0.1) is 12.8 Å². The lowest BCUT2D eigenvalue weighted by molar-refractivity contribution is -0.122. The summed E-state index contributed by atoms with van der Waals surface area (Å²) in [6.45, 7) is 4.13. The second-order valence-electron chi connectivity index (χ2n) is 6.61. The maximum Gasteiger partial charge on any atom is 0.260 e. The summed E-state index contributed by atoms with van der Waals surface area (Å²) in [7, 11) is 0. The molecule has 1 unspecified atom stereocenters. The average molecular weight is 435 g/mol. The normalized spacial score (nSPS) is 15.1. The lowest BCUT2D eigenvalue weighted by atomic mass is 9.95. The van der Waals surface area contributed by atoms with Crippen LogP contribution in [0.3, 0.4) is 0 Å². The Morgan fingerprint density at radius 3 is 2.67 bits per heavy atom. The van der Waals surface area contributed by atoms with Gasteiger partial charge in [0.05, 0.1) is 29.5 Å². The third-order valence-corrected chi connectivity index (χ3v) is 5.35. The molecule has 1 saturated carbocycles.